The summed E-state index contributed by atoms with van der Waals surface area (Å²) in [6, 6.07) is 11.5. The zero-order valence-electron chi connectivity index (χ0n) is 16.3. The molecule has 1 unspecified atom stereocenters. The molecule has 0 fully saturated rings. The highest BCUT2D eigenvalue weighted by Crippen LogP contribution is 2.30. The number of methoxy groups -OCH3 is 2. The Labute approximate surface area is 162 Å². The van der Waals surface area contributed by atoms with E-state index in [1.54, 1.807) is 43.5 Å². The van der Waals surface area contributed by atoms with Gasteiger partial charge in [0, 0.05) is 6.07 Å². The van der Waals surface area contributed by atoms with Crippen LogP contribution in [0.3, 0.4) is 0 Å². The van der Waals surface area contributed by atoms with E-state index in [0.717, 1.165) is 0 Å². The second kappa shape index (κ2) is 8.12. The maximum absolute atomic E-state index is 13.1. The zero-order valence-corrected chi connectivity index (χ0v) is 16.3. The summed E-state index contributed by atoms with van der Waals surface area (Å²) in [7, 11) is 3.07. The molecule has 0 saturated heterocycles. The molecular formula is C21H23N3O4. The molecule has 1 atom stereocenters. The third-order valence-electron chi connectivity index (χ3n) is 4.55. The summed E-state index contributed by atoms with van der Waals surface area (Å²) in [5.74, 6) is 0.611. The van der Waals surface area contributed by atoms with Crippen molar-refractivity contribution in [3.05, 3.63) is 59.1 Å². The fraction of sp³-hybridized carbons (Fsp3) is 0.286. The summed E-state index contributed by atoms with van der Waals surface area (Å²) < 4.78 is 11.9. The number of carbonyl (C=O) groups excluding carboxylic acids is 1. The number of para-hydroxylation sites is 1. The van der Waals surface area contributed by atoms with E-state index in [9.17, 15) is 9.59 Å². The number of nitrogens with zero attached hydrogens (tertiary/aromatic N) is 2. The molecule has 146 valence electrons. The van der Waals surface area contributed by atoms with Crippen LogP contribution in [0.1, 0.15) is 19.9 Å². The molecular weight excluding hydrogens is 358 g/mol. The van der Waals surface area contributed by atoms with E-state index in [1.165, 1.54) is 18.0 Å². The molecule has 1 aromatic heterocycles. The number of benzene rings is 2. The molecule has 7 nitrogen and oxygen atoms in total. The van der Waals surface area contributed by atoms with Crippen LogP contribution in [0, 0.1) is 5.92 Å². The van der Waals surface area contributed by atoms with Gasteiger partial charge in [0.1, 0.15) is 17.5 Å². The van der Waals surface area contributed by atoms with Gasteiger partial charge in [-0.05, 0) is 30.2 Å². The van der Waals surface area contributed by atoms with Crippen molar-refractivity contribution in [1.29, 1.82) is 0 Å². The summed E-state index contributed by atoms with van der Waals surface area (Å²) in [4.78, 5) is 30.4. The van der Waals surface area contributed by atoms with Crippen LogP contribution < -0.4 is 20.3 Å². The van der Waals surface area contributed by atoms with E-state index in [2.05, 4.69) is 10.3 Å². The second-order valence-electron chi connectivity index (χ2n) is 6.72. The normalized spacial score (nSPS) is 12.0. The lowest BCUT2D eigenvalue weighted by molar-refractivity contribution is -0.120. The van der Waals surface area contributed by atoms with Gasteiger partial charge in [-0.25, -0.2) is 4.98 Å². The molecule has 3 aromatic rings. The fourth-order valence-electron chi connectivity index (χ4n) is 3.15. The molecule has 7 heteroatoms. The lowest BCUT2D eigenvalue weighted by Crippen LogP contribution is -2.36. The van der Waals surface area contributed by atoms with Crippen molar-refractivity contribution in [3.8, 4) is 11.5 Å². The average molecular weight is 381 g/mol. The Morgan fingerprint density at radius 1 is 1.11 bits per heavy atom. The molecule has 0 aliphatic heterocycles. The molecule has 28 heavy (non-hydrogen) atoms. The summed E-state index contributed by atoms with van der Waals surface area (Å²) in [5.41, 5.74) is 0.817. The van der Waals surface area contributed by atoms with Crippen molar-refractivity contribution in [3.63, 3.8) is 0 Å². The molecule has 1 N–H and O–H groups in total. The van der Waals surface area contributed by atoms with Crippen molar-refractivity contribution in [2.24, 2.45) is 5.92 Å². The van der Waals surface area contributed by atoms with Crippen LogP contribution in [-0.2, 0) is 4.79 Å². The third-order valence-corrected chi connectivity index (χ3v) is 4.55. The Bertz CT molecular complexity index is 1060. The minimum Gasteiger partial charge on any atom is -0.497 e. The van der Waals surface area contributed by atoms with Crippen molar-refractivity contribution >= 4 is 22.5 Å². The van der Waals surface area contributed by atoms with Gasteiger partial charge < -0.3 is 14.8 Å². The Morgan fingerprint density at radius 2 is 1.86 bits per heavy atom. The first kappa shape index (κ1) is 19.4. The van der Waals surface area contributed by atoms with Gasteiger partial charge >= 0.3 is 0 Å². The quantitative estimate of drug-likeness (QED) is 0.709. The van der Waals surface area contributed by atoms with Crippen LogP contribution in [0.4, 0.5) is 5.69 Å². The molecule has 0 saturated carbocycles. The van der Waals surface area contributed by atoms with Crippen LogP contribution in [0.25, 0.3) is 10.9 Å². The summed E-state index contributed by atoms with van der Waals surface area (Å²) in [6.45, 7) is 3.77. The molecule has 0 radical (unpaired) electrons. The van der Waals surface area contributed by atoms with Gasteiger partial charge in [0.25, 0.3) is 5.56 Å². The predicted molar refractivity (Wildman–Crippen MR) is 108 cm³/mol. The number of hydrogen-bond acceptors (Lipinski definition) is 5. The Morgan fingerprint density at radius 3 is 2.54 bits per heavy atom. The van der Waals surface area contributed by atoms with E-state index >= 15 is 0 Å². The Balaban J connectivity index is 2.01. The highest BCUT2D eigenvalue weighted by Gasteiger charge is 2.27. The third kappa shape index (κ3) is 3.69. The highest BCUT2D eigenvalue weighted by molar-refractivity contribution is 5.95. The van der Waals surface area contributed by atoms with E-state index in [4.69, 9.17) is 9.47 Å². The van der Waals surface area contributed by atoms with Crippen molar-refractivity contribution in [2.45, 2.75) is 19.9 Å². The van der Waals surface area contributed by atoms with Crippen molar-refractivity contribution in [2.75, 3.05) is 19.5 Å². The number of hydrogen-bond donors (Lipinski definition) is 1. The van der Waals surface area contributed by atoms with Crippen molar-refractivity contribution in [1.82, 2.24) is 9.55 Å². The highest BCUT2D eigenvalue weighted by atomic mass is 16.5. The first-order valence-electron chi connectivity index (χ1n) is 8.95. The first-order chi connectivity index (χ1) is 13.5. The van der Waals surface area contributed by atoms with Crippen LogP contribution in [-0.4, -0.2) is 29.7 Å². The fourth-order valence-corrected chi connectivity index (χ4v) is 3.15. The molecule has 0 bridgehead atoms. The molecule has 0 spiro atoms. The minimum absolute atomic E-state index is 0.141. The largest absolute Gasteiger partial charge is 0.497 e. The van der Waals surface area contributed by atoms with E-state index in [0.29, 0.717) is 28.1 Å². The number of nitrogens with one attached hydrogen (secondary N) is 1. The zero-order chi connectivity index (χ0) is 20.3. The second-order valence-corrected chi connectivity index (χ2v) is 6.72. The average Bonchev–Trinajstić information content (AvgIpc) is 2.69. The van der Waals surface area contributed by atoms with Crippen molar-refractivity contribution < 1.29 is 14.3 Å². The van der Waals surface area contributed by atoms with Gasteiger partial charge in [-0.15, -0.1) is 0 Å². The Hall–Kier alpha value is -3.35. The predicted octanol–water partition coefficient (Wildman–Crippen LogP) is 3.25. The van der Waals surface area contributed by atoms with Gasteiger partial charge in [-0.3, -0.25) is 14.2 Å². The van der Waals surface area contributed by atoms with E-state index in [1.807, 2.05) is 19.9 Å². The minimum atomic E-state index is -0.736. The van der Waals surface area contributed by atoms with Crippen LogP contribution in [0.2, 0.25) is 0 Å². The van der Waals surface area contributed by atoms with Crippen LogP contribution in [0.15, 0.2) is 53.6 Å². The van der Waals surface area contributed by atoms with Crippen LogP contribution >= 0.6 is 0 Å². The number of amides is 1. The van der Waals surface area contributed by atoms with E-state index < -0.39 is 6.04 Å². The van der Waals surface area contributed by atoms with Gasteiger partial charge in [-0.1, -0.05) is 26.0 Å². The SMILES string of the molecule is COc1ccc(OC)c(NC(=O)C(C(C)C)n2cnc3ccccc3c2=O)c1. The molecule has 2 aromatic carbocycles. The maximum Gasteiger partial charge on any atom is 0.261 e. The number of ether oxygens (including phenoxy) is 2. The Kier molecular flexibility index (Phi) is 5.63. The number of rotatable bonds is 6. The monoisotopic (exact) mass is 381 g/mol. The number of fused-ring (bicyclic) bond motifs is 1. The number of aromatic nitrogens is 2. The van der Waals surface area contributed by atoms with Crippen LogP contribution in [0.5, 0.6) is 11.5 Å². The lowest BCUT2D eigenvalue weighted by atomic mass is 10.0. The smallest absolute Gasteiger partial charge is 0.261 e. The summed E-state index contributed by atoms with van der Waals surface area (Å²) >= 11 is 0. The number of carbonyl (C=O) groups is 1. The lowest BCUT2D eigenvalue weighted by Gasteiger charge is -2.23. The van der Waals surface area contributed by atoms with Gasteiger partial charge in [0.05, 0.1) is 37.1 Å². The molecule has 0 aliphatic rings. The topological polar surface area (TPSA) is 82.4 Å². The standard InChI is InChI=1S/C21H23N3O4/c1-13(2)19(24-12-22-16-8-6-5-7-15(16)21(24)26)20(25)23-17-11-14(27-3)9-10-18(17)28-4/h5-13,19H,1-4H3,(H,23,25). The first-order valence-corrected chi connectivity index (χ1v) is 8.95. The van der Waals surface area contributed by atoms with Gasteiger partial charge in [0.15, 0.2) is 0 Å². The summed E-state index contributed by atoms with van der Waals surface area (Å²) in [5, 5.41) is 3.33. The van der Waals surface area contributed by atoms with E-state index in [-0.39, 0.29) is 17.4 Å². The molecule has 0 aliphatic carbocycles. The van der Waals surface area contributed by atoms with Gasteiger partial charge in [-0.2, -0.15) is 0 Å². The number of anilines is 1. The molecule has 3 rings (SSSR count). The molecule has 1 heterocycles. The summed E-state index contributed by atoms with van der Waals surface area (Å²) in [6.07, 6.45) is 1.43. The van der Waals surface area contributed by atoms with Gasteiger partial charge in [0.2, 0.25) is 5.91 Å². The maximum atomic E-state index is 13.1. The molecule has 1 amide bonds.